The van der Waals surface area contributed by atoms with Crippen molar-refractivity contribution in [2.45, 2.75) is 27.3 Å². The molecule has 0 spiro atoms. The SMILES string of the molecule is Cc1cc(Cn2c(C)c(C)sc2=O)on1. The quantitative estimate of drug-likeness (QED) is 0.782. The molecule has 5 heteroatoms. The van der Waals surface area contributed by atoms with Crippen LogP contribution in [0.3, 0.4) is 0 Å². The maximum absolute atomic E-state index is 11.6. The molecule has 0 bridgehead atoms. The Balaban J connectivity index is 2.36. The van der Waals surface area contributed by atoms with Crippen LogP contribution >= 0.6 is 11.3 Å². The minimum absolute atomic E-state index is 0.0547. The second-order valence-electron chi connectivity index (χ2n) is 3.53. The Morgan fingerprint density at radius 3 is 2.67 bits per heavy atom. The lowest BCUT2D eigenvalue weighted by atomic mass is 10.3. The van der Waals surface area contributed by atoms with E-state index in [4.69, 9.17) is 4.52 Å². The molecule has 0 aliphatic heterocycles. The van der Waals surface area contributed by atoms with E-state index in [1.165, 1.54) is 11.3 Å². The highest BCUT2D eigenvalue weighted by Crippen LogP contribution is 2.12. The van der Waals surface area contributed by atoms with Gasteiger partial charge in [-0.3, -0.25) is 9.36 Å². The zero-order chi connectivity index (χ0) is 11.0. The summed E-state index contributed by atoms with van der Waals surface area (Å²) < 4.78 is 6.79. The van der Waals surface area contributed by atoms with E-state index in [0.717, 1.165) is 22.0 Å². The number of nitrogens with zero attached hydrogens (tertiary/aromatic N) is 2. The van der Waals surface area contributed by atoms with Gasteiger partial charge in [-0.25, -0.2) is 0 Å². The zero-order valence-corrected chi connectivity index (χ0v) is 9.72. The van der Waals surface area contributed by atoms with Crippen molar-refractivity contribution < 1.29 is 4.52 Å². The fourth-order valence-corrected chi connectivity index (χ4v) is 2.25. The smallest absolute Gasteiger partial charge is 0.307 e. The van der Waals surface area contributed by atoms with Gasteiger partial charge in [-0.2, -0.15) is 0 Å². The third-order valence-corrected chi connectivity index (χ3v) is 3.36. The van der Waals surface area contributed by atoms with Crippen molar-refractivity contribution in [2.24, 2.45) is 0 Å². The van der Waals surface area contributed by atoms with Crippen LogP contribution in [0.2, 0.25) is 0 Å². The molecule has 0 saturated heterocycles. The first-order chi connectivity index (χ1) is 7.08. The van der Waals surface area contributed by atoms with Crippen LogP contribution in [-0.2, 0) is 6.54 Å². The van der Waals surface area contributed by atoms with Crippen molar-refractivity contribution in [3.63, 3.8) is 0 Å². The van der Waals surface area contributed by atoms with Gasteiger partial charge in [0, 0.05) is 16.6 Å². The molecule has 2 aromatic rings. The van der Waals surface area contributed by atoms with Gasteiger partial charge in [-0.1, -0.05) is 16.5 Å². The van der Waals surface area contributed by atoms with E-state index in [1.54, 1.807) is 4.57 Å². The first-order valence-corrected chi connectivity index (χ1v) is 5.48. The number of aromatic nitrogens is 2. The normalized spacial score (nSPS) is 10.9. The lowest BCUT2D eigenvalue weighted by Crippen LogP contribution is -2.14. The average molecular weight is 224 g/mol. The first-order valence-electron chi connectivity index (χ1n) is 4.67. The van der Waals surface area contributed by atoms with Gasteiger partial charge in [-0.15, -0.1) is 0 Å². The largest absolute Gasteiger partial charge is 0.359 e. The van der Waals surface area contributed by atoms with Crippen molar-refractivity contribution in [2.75, 3.05) is 0 Å². The van der Waals surface area contributed by atoms with Gasteiger partial charge in [-0.05, 0) is 20.8 Å². The Kier molecular flexibility index (Phi) is 2.48. The number of thiazole rings is 1. The van der Waals surface area contributed by atoms with Crippen molar-refractivity contribution in [3.05, 3.63) is 37.8 Å². The van der Waals surface area contributed by atoms with E-state index in [2.05, 4.69) is 5.16 Å². The van der Waals surface area contributed by atoms with E-state index in [-0.39, 0.29) is 4.87 Å². The monoisotopic (exact) mass is 224 g/mol. The van der Waals surface area contributed by atoms with Crippen LogP contribution in [0.1, 0.15) is 22.0 Å². The Labute approximate surface area is 91.1 Å². The number of hydrogen-bond donors (Lipinski definition) is 0. The van der Waals surface area contributed by atoms with Crippen LogP contribution in [0.5, 0.6) is 0 Å². The van der Waals surface area contributed by atoms with Gasteiger partial charge in [0.2, 0.25) is 0 Å². The third kappa shape index (κ3) is 1.87. The molecule has 0 unspecified atom stereocenters. The van der Waals surface area contributed by atoms with E-state index in [9.17, 15) is 4.79 Å². The van der Waals surface area contributed by atoms with Gasteiger partial charge < -0.3 is 4.52 Å². The maximum atomic E-state index is 11.6. The average Bonchev–Trinajstić information content (AvgIpc) is 2.67. The summed E-state index contributed by atoms with van der Waals surface area (Å²) in [5.41, 5.74) is 1.83. The van der Waals surface area contributed by atoms with Crippen LogP contribution in [0.15, 0.2) is 15.4 Å². The zero-order valence-electron chi connectivity index (χ0n) is 8.90. The summed E-state index contributed by atoms with van der Waals surface area (Å²) in [5, 5.41) is 3.79. The molecule has 0 aromatic carbocycles. The molecule has 0 saturated carbocycles. The second kappa shape index (κ2) is 3.66. The van der Waals surface area contributed by atoms with Gasteiger partial charge in [0.1, 0.15) is 0 Å². The predicted octanol–water partition coefficient (Wildman–Crippen LogP) is 1.87. The Hall–Kier alpha value is -1.36. The van der Waals surface area contributed by atoms with Crippen LogP contribution in [-0.4, -0.2) is 9.72 Å². The molecule has 4 nitrogen and oxygen atoms in total. The molecular weight excluding hydrogens is 212 g/mol. The molecule has 0 radical (unpaired) electrons. The number of aryl methyl sites for hydroxylation is 2. The summed E-state index contributed by atoms with van der Waals surface area (Å²) in [6.45, 7) is 6.22. The summed E-state index contributed by atoms with van der Waals surface area (Å²) in [5.74, 6) is 0.718. The van der Waals surface area contributed by atoms with Crippen LogP contribution in [0.25, 0.3) is 0 Å². The molecule has 2 rings (SSSR count). The Morgan fingerprint density at radius 1 is 1.47 bits per heavy atom. The standard InChI is InChI=1S/C10H12N2O2S/c1-6-4-9(14-11-6)5-12-7(2)8(3)15-10(12)13/h4H,5H2,1-3H3. The van der Waals surface area contributed by atoms with Gasteiger partial charge >= 0.3 is 4.87 Å². The van der Waals surface area contributed by atoms with Gasteiger partial charge in [0.05, 0.1) is 12.2 Å². The molecule has 0 N–H and O–H groups in total. The fourth-order valence-electron chi connectivity index (χ4n) is 1.42. The summed E-state index contributed by atoms with van der Waals surface area (Å²) in [7, 11) is 0. The molecule has 0 aliphatic carbocycles. The molecule has 0 atom stereocenters. The highest BCUT2D eigenvalue weighted by molar-refractivity contribution is 7.09. The molecule has 2 heterocycles. The van der Waals surface area contributed by atoms with Gasteiger partial charge in [0.15, 0.2) is 5.76 Å². The molecule has 0 fully saturated rings. The minimum Gasteiger partial charge on any atom is -0.359 e. The molecular formula is C10H12N2O2S. The Bertz CT molecular complexity index is 536. The number of rotatable bonds is 2. The molecule has 80 valence electrons. The van der Waals surface area contributed by atoms with E-state index in [0.29, 0.717) is 6.54 Å². The first kappa shape index (κ1) is 10.2. The maximum Gasteiger partial charge on any atom is 0.307 e. The minimum atomic E-state index is 0.0547. The van der Waals surface area contributed by atoms with E-state index in [1.807, 2.05) is 26.8 Å². The highest BCUT2D eigenvalue weighted by atomic mass is 32.1. The molecule has 2 aromatic heterocycles. The predicted molar refractivity (Wildman–Crippen MR) is 58.4 cm³/mol. The van der Waals surface area contributed by atoms with Crippen molar-refractivity contribution >= 4 is 11.3 Å². The topological polar surface area (TPSA) is 48.0 Å². The highest BCUT2D eigenvalue weighted by Gasteiger charge is 2.10. The summed E-state index contributed by atoms with van der Waals surface area (Å²) in [4.78, 5) is 12.7. The Morgan fingerprint density at radius 2 is 2.20 bits per heavy atom. The van der Waals surface area contributed by atoms with E-state index >= 15 is 0 Å². The summed E-state index contributed by atoms with van der Waals surface area (Å²) >= 11 is 1.27. The fraction of sp³-hybridized carbons (Fsp3) is 0.400. The molecule has 15 heavy (non-hydrogen) atoms. The van der Waals surface area contributed by atoms with E-state index < -0.39 is 0 Å². The lowest BCUT2D eigenvalue weighted by Gasteiger charge is -2.00. The second-order valence-corrected chi connectivity index (χ2v) is 4.70. The van der Waals surface area contributed by atoms with Gasteiger partial charge in [0.25, 0.3) is 0 Å². The third-order valence-electron chi connectivity index (χ3n) is 2.37. The molecule has 0 aliphatic rings. The lowest BCUT2D eigenvalue weighted by molar-refractivity contribution is 0.371. The van der Waals surface area contributed by atoms with Crippen molar-refractivity contribution in [1.29, 1.82) is 0 Å². The van der Waals surface area contributed by atoms with Crippen molar-refractivity contribution in [3.8, 4) is 0 Å². The van der Waals surface area contributed by atoms with Crippen LogP contribution in [0.4, 0.5) is 0 Å². The molecule has 0 amide bonds. The number of hydrogen-bond acceptors (Lipinski definition) is 4. The van der Waals surface area contributed by atoms with Crippen LogP contribution in [0, 0.1) is 20.8 Å². The summed E-state index contributed by atoms with van der Waals surface area (Å²) in [6.07, 6.45) is 0. The summed E-state index contributed by atoms with van der Waals surface area (Å²) in [6, 6.07) is 1.85. The van der Waals surface area contributed by atoms with Crippen LogP contribution < -0.4 is 4.87 Å². The van der Waals surface area contributed by atoms with Crippen molar-refractivity contribution in [1.82, 2.24) is 9.72 Å².